The average Bonchev–Trinajstić information content (AvgIpc) is 2.85. The molecule has 0 saturated heterocycles. The highest BCUT2D eigenvalue weighted by Crippen LogP contribution is 2.36. The number of benzene rings is 1. The predicted molar refractivity (Wildman–Crippen MR) is 144 cm³/mol. The van der Waals surface area contributed by atoms with Crippen LogP contribution in [0.4, 0.5) is 0 Å². The van der Waals surface area contributed by atoms with E-state index in [-0.39, 0.29) is 43.3 Å². The second-order valence-corrected chi connectivity index (χ2v) is 10.7. The summed E-state index contributed by atoms with van der Waals surface area (Å²) in [6.07, 6.45) is 3.47. The fraction of sp³-hybridized carbons (Fsp3) is 0.655. The minimum Gasteiger partial charge on any atom is -0.480 e. The Morgan fingerprint density at radius 1 is 0.842 bits per heavy atom. The van der Waals surface area contributed by atoms with Gasteiger partial charge in [0.1, 0.15) is 6.04 Å². The van der Waals surface area contributed by atoms with Crippen LogP contribution in [0.3, 0.4) is 0 Å². The molecule has 0 amide bonds. The molecule has 1 aromatic rings. The summed E-state index contributed by atoms with van der Waals surface area (Å²) < 4.78 is 16.5. The lowest BCUT2D eigenvalue weighted by atomic mass is 9.82. The number of carboxylic acid groups (broad SMARTS) is 1. The van der Waals surface area contributed by atoms with Gasteiger partial charge in [-0.3, -0.25) is 19.2 Å². The van der Waals surface area contributed by atoms with Crippen LogP contribution in [0.15, 0.2) is 18.2 Å². The van der Waals surface area contributed by atoms with Crippen molar-refractivity contribution in [1.82, 2.24) is 0 Å². The number of carbonyl (C=O) groups is 4. The molecular weight excluding hydrogens is 490 g/mol. The number of aliphatic carboxylic acids is 1. The summed E-state index contributed by atoms with van der Waals surface area (Å²) in [6.45, 7) is 11.7. The summed E-state index contributed by atoms with van der Waals surface area (Å²) >= 11 is 0. The molecule has 38 heavy (non-hydrogen) atoms. The third-order valence-corrected chi connectivity index (χ3v) is 6.18. The van der Waals surface area contributed by atoms with Crippen molar-refractivity contribution >= 4 is 23.9 Å². The quantitative estimate of drug-likeness (QED) is 0.202. The Kier molecular flexibility index (Phi) is 14.6. The average molecular weight is 536 g/mol. The Hall–Kier alpha value is -2.94. The maximum Gasteiger partial charge on any atom is 0.321 e. The van der Waals surface area contributed by atoms with Crippen molar-refractivity contribution in [1.29, 1.82) is 0 Å². The van der Waals surface area contributed by atoms with Gasteiger partial charge in [-0.15, -0.1) is 0 Å². The molecule has 0 aliphatic carbocycles. The number of rotatable bonds is 17. The molecule has 3 N–H and O–H groups in total. The number of nitrogens with two attached hydrogens (primary N) is 1. The Bertz CT molecular complexity index is 927. The van der Waals surface area contributed by atoms with Gasteiger partial charge in [-0.05, 0) is 54.7 Å². The molecule has 0 radical (unpaired) electrons. The number of carboxylic acids is 1. The van der Waals surface area contributed by atoms with Gasteiger partial charge in [0.25, 0.3) is 0 Å². The summed E-state index contributed by atoms with van der Waals surface area (Å²) in [4.78, 5) is 48.8. The monoisotopic (exact) mass is 535 g/mol. The third-order valence-electron chi connectivity index (χ3n) is 6.18. The highest BCUT2D eigenvalue weighted by molar-refractivity contribution is 5.77. The van der Waals surface area contributed by atoms with Crippen molar-refractivity contribution < 1.29 is 38.5 Å². The highest BCUT2D eigenvalue weighted by Gasteiger charge is 2.32. The molecule has 214 valence electrons. The zero-order valence-corrected chi connectivity index (χ0v) is 23.7. The Labute approximate surface area is 226 Å². The van der Waals surface area contributed by atoms with Crippen molar-refractivity contribution in [2.45, 2.75) is 98.4 Å². The zero-order valence-electron chi connectivity index (χ0n) is 23.7. The molecule has 0 aliphatic heterocycles. The van der Waals surface area contributed by atoms with Gasteiger partial charge in [-0.1, -0.05) is 54.0 Å². The smallest absolute Gasteiger partial charge is 0.321 e. The Morgan fingerprint density at radius 3 is 1.89 bits per heavy atom. The molecule has 3 atom stereocenters. The SMILES string of the molecule is CCCCC(=O)OCC(C)C(c1ccc(OC(=O)CCC(C)C)c(OC(=O)CCC(C)C)c1)[C@H](N)C(=O)O. The van der Waals surface area contributed by atoms with Crippen LogP contribution >= 0.6 is 0 Å². The Balaban J connectivity index is 3.29. The van der Waals surface area contributed by atoms with Crippen LogP contribution in [0, 0.1) is 17.8 Å². The number of hydrogen-bond donors (Lipinski definition) is 2. The molecule has 0 fully saturated rings. The maximum atomic E-state index is 12.6. The summed E-state index contributed by atoms with van der Waals surface area (Å²) in [5, 5.41) is 9.68. The van der Waals surface area contributed by atoms with E-state index < -0.39 is 35.8 Å². The fourth-order valence-electron chi connectivity index (χ4n) is 3.82. The molecule has 0 spiro atoms. The van der Waals surface area contributed by atoms with Gasteiger partial charge in [0, 0.05) is 25.2 Å². The summed E-state index contributed by atoms with van der Waals surface area (Å²) in [7, 11) is 0. The lowest BCUT2D eigenvalue weighted by Crippen LogP contribution is -2.40. The van der Waals surface area contributed by atoms with E-state index >= 15 is 0 Å². The summed E-state index contributed by atoms with van der Waals surface area (Å²) in [5.74, 6) is -3.07. The lowest BCUT2D eigenvalue weighted by molar-refractivity contribution is -0.145. The van der Waals surface area contributed by atoms with E-state index in [0.29, 0.717) is 36.7 Å². The lowest BCUT2D eigenvalue weighted by Gasteiger charge is -2.28. The first kappa shape index (κ1) is 33.1. The van der Waals surface area contributed by atoms with Gasteiger partial charge in [-0.2, -0.15) is 0 Å². The molecule has 9 nitrogen and oxygen atoms in total. The normalized spacial score (nSPS) is 13.6. The molecule has 0 aliphatic rings. The minimum absolute atomic E-state index is 0.0175. The highest BCUT2D eigenvalue weighted by atomic mass is 16.6. The molecular formula is C29H45NO8. The van der Waals surface area contributed by atoms with E-state index in [9.17, 15) is 24.3 Å². The van der Waals surface area contributed by atoms with Crippen molar-refractivity contribution in [2.24, 2.45) is 23.5 Å². The first-order valence-electron chi connectivity index (χ1n) is 13.5. The second-order valence-electron chi connectivity index (χ2n) is 10.7. The summed E-state index contributed by atoms with van der Waals surface area (Å²) in [5.41, 5.74) is 6.53. The molecule has 0 saturated carbocycles. The molecule has 0 bridgehead atoms. The first-order valence-corrected chi connectivity index (χ1v) is 13.5. The van der Waals surface area contributed by atoms with Crippen LogP contribution in [0.2, 0.25) is 0 Å². The van der Waals surface area contributed by atoms with Gasteiger partial charge in [-0.25, -0.2) is 0 Å². The van der Waals surface area contributed by atoms with Crippen molar-refractivity contribution in [3.05, 3.63) is 23.8 Å². The molecule has 1 rings (SSSR count). The largest absolute Gasteiger partial charge is 0.480 e. The molecule has 0 aromatic heterocycles. The van der Waals surface area contributed by atoms with Gasteiger partial charge < -0.3 is 25.1 Å². The maximum absolute atomic E-state index is 12.6. The van der Waals surface area contributed by atoms with Crippen LogP contribution in [-0.2, 0) is 23.9 Å². The van der Waals surface area contributed by atoms with Crippen molar-refractivity contribution in [3.8, 4) is 11.5 Å². The van der Waals surface area contributed by atoms with E-state index in [1.165, 1.54) is 12.1 Å². The van der Waals surface area contributed by atoms with Crippen LogP contribution in [0.25, 0.3) is 0 Å². The summed E-state index contributed by atoms with van der Waals surface area (Å²) in [6, 6.07) is 3.25. The van der Waals surface area contributed by atoms with E-state index in [1.54, 1.807) is 13.0 Å². The van der Waals surface area contributed by atoms with Gasteiger partial charge in [0.05, 0.1) is 6.61 Å². The van der Waals surface area contributed by atoms with Crippen molar-refractivity contribution in [3.63, 3.8) is 0 Å². The number of carbonyl (C=O) groups excluding carboxylic acids is 3. The first-order chi connectivity index (χ1) is 17.8. The fourth-order valence-corrected chi connectivity index (χ4v) is 3.82. The van der Waals surface area contributed by atoms with Crippen LogP contribution in [0.5, 0.6) is 11.5 Å². The van der Waals surface area contributed by atoms with Gasteiger partial charge in [0.15, 0.2) is 11.5 Å². The van der Waals surface area contributed by atoms with Gasteiger partial charge in [0.2, 0.25) is 0 Å². The van der Waals surface area contributed by atoms with Crippen LogP contribution in [-0.4, -0.2) is 41.6 Å². The number of esters is 3. The van der Waals surface area contributed by atoms with Gasteiger partial charge >= 0.3 is 23.9 Å². The molecule has 9 heteroatoms. The minimum atomic E-state index is -1.32. The molecule has 1 aromatic carbocycles. The second kappa shape index (κ2) is 16.8. The number of hydrogen-bond acceptors (Lipinski definition) is 8. The topological polar surface area (TPSA) is 142 Å². The van der Waals surface area contributed by atoms with E-state index in [4.69, 9.17) is 19.9 Å². The number of ether oxygens (including phenoxy) is 3. The van der Waals surface area contributed by atoms with Crippen molar-refractivity contribution in [2.75, 3.05) is 6.61 Å². The van der Waals surface area contributed by atoms with E-state index in [2.05, 4.69) is 0 Å². The molecule has 2 unspecified atom stereocenters. The zero-order chi connectivity index (χ0) is 28.8. The predicted octanol–water partition coefficient (Wildman–Crippen LogP) is 5.23. The van der Waals surface area contributed by atoms with Crippen LogP contribution in [0.1, 0.15) is 98.0 Å². The number of unbranched alkanes of at least 4 members (excludes halogenated alkanes) is 1. The standard InChI is InChI=1S/C29H45NO8/c1-7-8-9-24(31)36-17-20(6)27(28(30)29(34)35)21-12-13-22(37-25(32)14-10-18(2)3)23(16-21)38-26(33)15-11-19(4)5/h12-13,16,18-20,27-28H,7-11,14-15,17,30H2,1-6H3,(H,34,35)/t20?,27?,28-/m0/s1. The van der Waals surface area contributed by atoms with E-state index in [0.717, 1.165) is 6.42 Å². The van der Waals surface area contributed by atoms with E-state index in [1.807, 2.05) is 34.6 Å². The third kappa shape index (κ3) is 12.1. The Morgan fingerprint density at radius 2 is 1.39 bits per heavy atom. The molecule has 0 heterocycles. The van der Waals surface area contributed by atoms with Crippen LogP contribution < -0.4 is 15.2 Å².